The molecule has 10 rings (SSSR count). The number of thiophene rings is 1. The van der Waals surface area contributed by atoms with Crippen LogP contribution >= 0.6 is 11.3 Å². The van der Waals surface area contributed by atoms with Crippen LogP contribution in [0.1, 0.15) is 0 Å². The lowest BCUT2D eigenvalue weighted by atomic mass is 9.96. The lowest BCUT2D eigenvalue weighted by Crippen LogP contribution is -1.96. The molecule has 3 aromatic heterocycles. The second-order valence-electron chi connectivity index (χ2n) is 12.8. The molecule has 0 aliphatic carbocycles. The van der Waals surface area contributed by atoms with E-state index in [9.17, 15) is 0 Å². The van der Waals surface area contributed by atoms with Gasteiger partial charge in [0.15, 0.2) is 5.82 Å². The second-order valence-corrected chi connectivity index (χ2v) is 13.9. The SMILES string of the molecule is c1ccc(-c2ccc(-c3cc(-c4cccc(-c5nc6ccccc6c6cc7c(cc56)sc5ccccc57)c4)nc(-c4ccccc4)n3)cc2)cc1. The Morgan fingerprint density at radius 1 is 0.314 bits per heavy atom. The van der Waals surface area contributed by atoms with Crippen molar-refractivity contribution in [2.45, 2.75) is 0 Å². The van der Waals surface area contributed by atoms with Crippen LogP contribution in [0.25, 0.3) is 98.1 Å². The molecule has 0 aliphatic heterocycles. The topological polar surface area (TPSA) is 38.7 Å². The van der Waals surface area contributed by atoms with Crippen molar-refractivity contribution < 1.29 is 0 Å². The van der Waals surface area contributed by atoms with Crippen molar-refractivity contribution in [1.82, 2.24) is 15.0 Å². The molecule has 10 aromatic rings. The van der Waals surface area contributed by atoms with E-state index in [4.69, 9.17) is 15.0 Å². The summed E-state index contributed by atoms with van der Waals surface area (Å²) in [7, 11) is 0. The van der Waals surface area contributed by atoms with Crippen LogP contribution in [0.5, 0.6) is 0 Å². The van der Waals surface area contributed by atoms with Gasteiger partial charge in [-0.25, -0.2) is 15.0 Å². The maximum atomic E-state index is 5.30. The maximum absolute atomic E-state index is 5.30. The monoisotopic (exact) mass is 667 g/mol. The van der Waals surface area contributed by atoms with Crippen molar-refractivity contribution in [1.29, 1.82) is 0 Å². The molecule has 3 nitrogen and oxygen atoms in total. The van der Waals surface area contributed by atoms with Gasteiger partial charge in [-0.05, 0) is 52.9 Å². The lowest BCUT2D eigenvalue weighted by molar-refractivity contribution is 1.18. The summed E-state index contributed by atoms with van der Waals surface area (Å²) in [5, 5.41) is 6.12. The number of hydrogen-bond acceptors (Lipinski definition) is 4. The summed E-state index contributed by atoms with van der Waals surface area (Å²) in [5.41, 5.74) is 10.2. The fourth-order valence-corrected chi connectivity index (χ4v) is 8.27. The Balaban J connectivity index is 1.14. The molecule has 0 aliphatic rings. The molecule has 4 heteroatoms. The van der Waals surface area contributed by atoms with Gasteiger partial charge in [-0.2, -0.15) is 0 Å². The quantitative estimate of drug-likeness (QED) is 0.171. The first-order chi connectivity index (χ1) is 25.2. The molecule has 0 bridgehead atoms. The molecule has 51 heavy (non-hydrogen) atoms. The fraction of sp³-hybridized carbons (Fsp3) is 0. The molecular formula is C47H29N3S. The largest absolute Gasteiger partial charge is 0.247 e. The minimum atomic E-state index is 0.696. The highest BCUT2D eigenvalue weighted by Crippen LogP contribution is 2.41. The normalized spacial score (nSPS) is 11.5. The van der Waals surface area contributed by atoms with E-state index in [1.165, 1.54) is 36.7 Å². The molecule has 0 N–H and O–H groups in total. The van der Waals surface area contributed by atoms with Crippen LogP contribution in [0.2, 0.25) is 0 Å². The Hall–Kier alpha value is -6.49. The van der Waals surface area contributed by atoms with Gasteiger partial charge in [0.1, 0.15) is 0 Å². The summed E-state index contributed by atoms with van der Waals surface area (Å²) in [6.07, 6.45) is 0. The summed E-state index contributed by atoms with van der Waals surface area (Å²) in [6, 6.07) is 61.9. The summed E-state index contributed by atoms with van der Waals surface area (Å²) in [6.45, 7) is 0. The fourth-order valence-electron chi connectivity index (χ4n) is 7.14. The van der Waals surface area contributed by atoms with Gasteiger partial charge >= 0.3 is 0 Å². The first-order valence-electron chi connectivity index (χ1n) is 17.1. The molecule has 3 heterocycles. The molecule has 0 atom stereocenters. The first kappa shape index (κ1) is 29.4. The van der Waals surface area contributed by atoms with E-state index in [0.29, 0.717) is 5.82 Å². The molecule has 0 saturated heterocycles. The van der Waals surface area contributed by atoms with Crippen molar-refractivity contribution >= 4 is 53.2 Å². The highest BCUT2D eigenvalue weighted by atomic mass is 32.1. The number of pyridine rings is 1. The summed E-state index contributed by atoms with van der Waals surface area (Å²) in [4.78, 5) is 15.5. The zero-order chi connectivity index (χ0) is 33.7. The van der Waals surface area contributed by atoms with Gasteiger partial charge in [-0.1, -0.05) is 140 Å². The third-order valence-electron chi connectivity index (χ3n) is 9.68. The van der Waals surface area contributed by atoms with Crippen molar-refractivity contribution in [2.24, 2.45) is 0 Å². The average molecular weight is 668 g/mol. The number of rotatable bonds is 5. The van der Waals surface area contributed by atoms with Crippen LogP contribution in [-0.2, 0) is 0 Å². The van der Waals surface area contributed by atoms with Crippen LogP contribution in [-0.4, -0.2) is 15.0 Å². The number of benzene rings is 7. The van der Waals surface area contributed by atoms with E-state index in [-0.39, 0.29) is 0 Å². The molecule has 238 valence electrons. The highest BCUT2D eigenvalue weighted by Gasteiger charge is 2.16. The molecule has 7 aromatic carbocycles. The minimum absolute atomic E-state index is 0.696. The third kappa shape index (κ3) is 5.25. The number of nitrogens with zero attached hydrogens (tertiary/aromatic N) is 3. The zero-order valence-electron chi connectivity index (χ0n) is 27.5. The number of hydrogen-bond donors (Lipinski definition) is 0. The smallest absolute Gasteiger partial charge is 0.160 e. The van der Waals surface area contributed by atoms with Crippen molar-refractivity contribution in [3.63, 3.8) is 0 Å². The van der Waals surface area contributed by atoms with E-state index in [1.54, 1.807) is 0 Å². The summed E-state index contributed by atoms with van der Waals surface area (Å²) < 4.78 is 2.57. The molecule has 0 unspecified atom stereocenters. The molecule has 0 saturated carbocycles. The lowest BCUT2D eigenvalue weighted by Gasteiger charge is -2.13. The third-order valence-corrected chi connectivity index (χ3v) is 10.8. The van der Waals surface area contributed by atoms with E-state index < -0.39 is 0 Å². The average Bonchev–Trinajstić information content (AvgIpc) is 3.58. The molecule has 0 spiro atoms. The Kier molecular flexibility index (Phi) is 7.00. The van der Waals surface area contributed by atoms with E-state index in [0.717, 1.165) is 55.6 Å². The van der Waals surface area contributed by atoms with Gasteiger partial charge in [0.2, 0.25) is 0 Å². The van der Waals surface area contributed by atoms with Crippen molar-refractivity contribution in [3.8, 4) is 56.3 Å². The Bertz CT molecular complexity index is 2900. The van der Waals surface area contributed by atoms with Crippen LogP contribution in [0, 0.1) is 0 Å². The molecule has 0 amide bonds. The first-order valence-corrected chi connectivity index (χ1v) is 17.9. The predicted octanol–water partition coefficient (Wildman–Crippen LogP) is 12.9. The van der Waals surface area contributed by atoms with E-state index >= 15 is 0 Å². The van der Waals surface area contributed by atoms with Gasteiger partial charge in [0, 0.05) is 53.2 Å². The Morgan fingerprint density at radius 3 is 1.73 bits per heavy atom. The number of aromatic nitrogens is 3. The number of para-hydroxylation sites is 1. The molecule has 0 fully saturated rings. The Morgan fingerprint density at radius 2 is 0.922 bits per heavy atom. The van der Waals surface area contributed by atoms with Gasteiger partial charge in [-0.3, -0.25) is 0 Å². The molecular weight excluding hydrogens is 639 g/mol. The number of fused-ring (bicyclic) bond motifs is 6. The van der Waals surface area contributed by atoms with Gasteiger partial charge in [0.25, 0.3) is 0 Å². The van der Waals surface area contributed by atoms with Crippen LogP contribution < -0.4 is 0 Å². The van der Waals surface area contributed by atoms with E-state index in [1.807, 2.05) is 35.6 Å². The highest BCUT2D eigenvalue weighted by molar-refractivity contribution is 7.25. The maximum Gasteiger partial charge on any atom is 0.160 e. The van der Waals surface area contributed by atoms with Crippen LogP contribution in [0.3, 0.4) is 0 Å². The van der Waals surface area contributed by atoms with Crippen LogP contribution in [0.15, 0.2) is 176 Å². The summed E-state index contributed by atoms with van der Waals surface area (Å²) >= 11 is 1.84. The standard InChI is InChI=1S/C47H29N3S/c1-3-12-30(13-4-1)31-22-24-32(25-23-31)42-29-43(50-47(49-42)33-14-5-2-6-15-33)34-16-11-17-35(26-34)46-40-28-45-39(37-19-8-10-21-44(37)51-45)27-38(40)36-18-7-9-20-41(36)48-46/h1-29H. The van der Waals surface area contributed by atoms with Gasteiger partial charge in [-0.15, -0.1) is 11.3 Å². The molecule has 0 radical (unpaired) electrons. The van der Waals surface area contributed by atoms with Gasteiger partial charge in [0.05, 0.1) is 22.6 Å². The Labute approximate surface area is 299 Å². The summed E-state index contributed by atoms with van der Waals surface area (Å²) in [5.74, 6) is 0.696. The minimum Gasteiger partial charge on any atom is -0.247 e. The van der Waals surface area contributed by atoms with Crippen LogP contribution in [0.4, 0.5) is 0 Å². The second kappa shape index (κ2) is 12.1. The zero-order valence-corrected chi connectivity index (χ0v) is 28.3. The van der Waals surface area contributed by atoms with Crippen molar-refractivity contribution in [3.05, 3.63) is 176 Å². The van der Waals surface area contributed by atoms with E-state index in [2.05, 4.69) is 152 Å². The van der Waals surface area contributed by atoms with Gasteiger partial charge < -0.3 is 0 Å². The van der Waals surface area contributed by atoms with Crippen molar-refractivity contribution in [2.75, 3.05) is 0 Å². The predicted molar refractivity (Wildman–Crippen MR) is 215 cm³/mol.